The second kappa shape index (κ2) is 3.74. The average Bonchev–Trinajstić information content (AvgIpc) is 2.45. The summed E-state index contributed by atoms with van der Waals surface area (Å²) in [5.74, 6) is 0.287. The van der Waals surface area contributed by atoms with Crippen LogP contribution in [0.1, 0.15) is 31.9 Å². The quantitative estimate of drug-likeness (QED) is 0.785. The second-order valence-corrected chi connectivity index (χ2v) is 4.81. The molecule has 1 aromatic heterocycles. The van der Waals surface area contributed by atoms with Gasteiger partial charge in [-0.25, -0.2) is 0 Å². The number of hydrogen-bond acceptors (Lipinski definition) is 2. The molecule has 1 unspecified atom stereocenters. The van der Waals surface area contributed by atoms with Crippen molar-refractivity contribution in [3.8, 4) is 0 Å². The van der Waals surface area contributed by atoms with Crippen molar-refractivity contribution in [1.82, 2.24) is 4.57 Å². The van der Waals surface area contributed by atoms with Gasteiger partial charge in [0.2, 0.25) is 0 Å². The van der Waals surface area contributed by atoms with Crippen LogP contribution in [0.5, 0.6) is 0 Å². The van der Waals surface area contributed by atoms with E-state index < -0.39 is 10.1 Å². The van der Waals surface area contributed by atoms with Crippen LogP contribution in [-0.4, -0.2) is 17.5 Å². The van der Waals surface area contributed by atoms with Gasteiger partial charge < -0.3 is 4.57 Å². The van der Waals surface area contributed by atoms with E-state index in [1.54, 1.807) is 13.1 Å². The van der Waals surface area contributed by atoms with Crippen LogP contribution >= 0.6 is 0 Å². The fourth-order valence-corrected chi connectivity index (χ4v) is 2.16. The number of aromatic nitrogens is 1. The van der Waals surface area contributed by atoms with Gasteiger partial charge in [0, 0.05) is 12.7 Å². The Kier molecular flexibility index (Phi) is 3.01. The molecule has 0 amide bonds. The lowest BCUT2D eigenvalue weighted by atomic mass is 10.1. The molecule has 0 bridgehead atoms. The van der Waals surface area contributed by atoms with Gasteiger partial charge in [-0.2, -0.15) is 8.42 Å². The predicted octanol–water partition coefficient (Wildman–Crippen LogP) is 1.79. The largest absolute Gasteiger partial charge is 0.337 e. The Labute approximate surface area is 84.3 Å². The summed E-state index contributed by atoms with van der Waals surface area (Å²) >= 11 is 0. The van der Waals surface area contributed by atoms with Gasteiger partial charge in [0.1, 0.15) is 0 Å². The molecule has 0 aliphatic rings. The summed E-state index contributed by atoms with van der Waals surface area (Å²) in [6.07, 6.45) is 0.933. The summed E-state index contributed by atoms with van der Waals surface area (Å²) in [6, 6.07) is 3.16. The SMILES string of the molecule is CCC(C)c1ccc(S(=O)(=O)O)n1C. The molecule has 0 spiro atoms. The third kappa shape index (κ3) is 1.99. The van der Waals surface area contributed by atoms with E-state index in [0.717, 1.165) is 12.1 Å². The van der Waals surface area contributed by atoms with E-state index >= 15 is 0 Å². The third-order valence-corrected chi connectivity index (χ3v) is 3.43. The van der Waals surface area contributed by atoms with Gasteiger partial charge in [0.15, 0.2) is 5.03 Å². The van der Waals surface area contributed by atoms with Gasteiger partial charge in [0.25, 0.3) is 0 Å². The standard InChI is InChI=1S/C9H15NO3S/c1-4-7(2)8-5-6-9(10(8)3)14(11,12)13/h5-7H,4H2,1-3H3,(H,11,12,13). The van der Waals surface area contributed by atoms with Gasteiger partial charge in [-0.3, -0.25) is 4.55 Å². The fourth-order valence-electron chi connectivity index (χ4n) is 1.47. The smallest absolute Gasteiger partial charge is 0.310 e. The lowest BCUT2D eigenvalue weighted by Gasteiger charge is -2.11. The molecule has 80 valence electrons. The highest BCUT2D eigenvalue weighted by Crippen LogP contribution is 2.22. The van der Waals surface area contributed by atoms with Gasteiger partial charge >= 0.3 is 10.1 Å². The molecule has 5 heteroatoms. The Hall–Kier alpha value is -0.810. The maximum absolute atomic E-state index is 10.9. The Morgan fingerprint density at radius 3 is 2.43 bits per heavy atom. The number of rotatable bonds is 3. The maximum Gasteiger partial charge on any atom is 0.310 e. The minimum Gasteiger partial charge on any atom is -0.337 e. The van der Waals surface area contributed by atoms with E-state index in [1.807, 2.05) is 13.8 Å². The molecule has 1 atom stereocenters. The van der Waals surface area contributed by atoms with E-state index in [4.69, 9.17) is 4.55 Å². The van der Waals surface area contributed by atoms with E-state index in [-0.39, 0.29) is 10.9 Å². The molecule has 0 aliphatic heterocycles. The Morgan fingerprint density at radius 1 is 1.50 bits per heavy atom. The second-order valence-electron chi connectivity index (χ2n) is 3.44. The molecule has 0 fully saturated rings. The van der Waals surface area contributed by atoms with E-state index in [9.17, 15) is 8.42 Å². The summed E-state index contributed by atoms with van der Waals surface area (Å²) in [5.41, 5.74) is 0.917. The van der Waals surface area contributed by atoms with Crippen LogP contribution in [0.4, 0.5) is 0 Å². The zero-order valence-corrected chi connectivity index (χ0v) is 9.37. The topological polar surface area (TPSA) is 59.3 Å². The van der Waals surface area contributed by atoms with Crippen LogP contribution < -0.4 is 0 Å². The summed E-state index contributed by atoms with van der Waals surface area (Å²) < 4.78 is 32.2. The fraction of sp³-hybridized carbons (Fsp3) is 0.556. The van der Waals surface area contributed by atoms with E-state index in [2.05, 4.69) is 0 Å². The highest BCUT2D eigenvalue weighted by molar-refractivity contribution is 7.85. The monoisotopic (exact) mass is 217 g/mol. The van der Waals surface area contributed by atoms with Crippen molar-refractivity contribution >= 4 is 10.1 Å². The van der Waals surface area contributed by atoms with Crippen LogP contribution in [0.2, 0.25) is 0 Å². The van der Waals surface area contributed by atoms with Crippen molar-refractivity contribution in [3.05, 3.63) is 17.8 Å². The van der Waals surface area contributed by atoms with Crippen molar-refractivity contribution in [2.75, 3.05) is 0 Å². The van der Waals surface area contributed by atoms with Crippen molar-refractivity contribution in [2.24, 2.45) is 7.05 Å². The molecule has 1 heterocycles. The first kappa shape index (κ1) is 11.3. The molecule has 1 rings (SSSR count). The zero-order valence-electron chi connectivity index (χ0n) is 8.56. The molecule has 0 saturated carbocycles. The minimum atomic E-state index is -4.09. The highest BCUT2D eigenvalue weighted by Gasteiger charge is 2.17. The normalized spacial score (nSPS) is 14.3. The molecule has 0 saturated heterocycles. The van der Waals surface area contributed by atoms with E-state index in [1.165, 1.54) is 10.6 Å². The lowest BCUT2D eigenvalue weighted by Crippen LogP contribution is -2.08. The average molecular weight is 217 g/mol. The van der Waals surface area contributed by atoms with E-state index in [0.29, 0.717) is 0 Å². The molecule has 1 aromatic rings. The van der Waals surface area contributed by atoms with Crippen LogP contribution in [0, 0.1) is 0 Å². The summed E-state index contributed by atoms with van der Waals surface area (Å²) in [5, 5.41) is -0.0483. The molecular formula is C9H15NO3S. The highest BCUT2D eigenvalue weighted by atomic mass is 32.2. The van der Waals surface area contributed by atoms with Crippen LogP contribution in [0.15, 0.2) is 17.2 Å². The van der Waals surface area contributed by atoms with Gasteiger partial charge in [-0.05, 0) is 24.5 Å². The zero-order chi connectivity index (χ0) is 10.9. The molecule has 0 radical (unpaired) electrons. The predicted molar refractivity (Wildman–Crippen MR) is 53.9 cm³/mol. The third-order valence-electron chi connectivity index (χ3n) is 2.50. The first-order valence-electron chi connectivity index (χ1n) is 4.51. The number of nitrogens with zero attached hydrogens (tertiary/aromatic N) is 1. The summed E-state index contributed by atoms with van der Waals surface area (Å²) in [6.45, 7) is 4.05. The van der Waals surface area contributed by atoms with Crippen molar-refractivity contribution < 1.29 is 13.0 Å². The van der Waals surface area contributed by atoms with Crippen molar-refractivity contribution in [1.29, 1.82) is 0 Å². The molecule has 1 N–H and O–H groups in total. The van der Waals surface area contributed by atoms with Gasteiger partial charge in [0.05, 0.1) is 0 Å². The minimum absolute atomic E-state index is 0.0483. The van der Waals surface area contributed by atoms with Crippen LogP contribution in [0.3, 0.4) is 0 Å². The Bertz CT molecular complexity index is 419. The first-order valence-corrected chi connectivity index (χ1v) is 5.95. The van der Waals surface area contributed by atoms with Crippen molar-refractivity contribution in [3.63, 3.8) is 0 Å². The first-order chi connectivity index (χ1) is 6.38. The number of hydrogen-bond donors (Lipinski definition) is 1. The summed E-state index contributed by atoms with van der Waals surface area (Å²) in [7, 11) is -2.45. The molecule has 14 heavy (non-hydrogen) atoms. The summed E-state index contributed by atoms with van der Waals surface area (Å²) in [4.78, 5) is 0. The van der Waals surface area contributed by atoms with Gasteiger partial charge in [-0.15, -0.1) is 0 Å². The maximum atomic E-state index is 10.9. The van der Waals surface area contributed by atoms with Gasteiger partial charge in [-0.1, -0.05) is 13.8 Å². The van der Waals surface area contributed by atoms with Crippen molar-refractivity contribution in [2.45, 2.75) is 31.2 Å². The molecule has 0 aromatic carbocycles. The Morgan fingerprint density at radius 2 is 2.07 bits per heavy atom. The molecule has 0 aliphatic carbocycles. The molecular weight excluding hydrogens is 202 g/mol. The lowest BCUT2D eigenvalue weighted by molar-refractivity contribution is 0.472. The van der Waals surface area contributed by atoms with Crippen LogP contribution in [-0.2, 0) is 17.2 Å². The molecule has 4 nitrogen and oxygen atoms in total. The van der Waals surface area contributed by atoms with Crippen LogP contribution in [0.25, 0.3) is 0 Å². The Balaban J connectivity index is 3.22.